The molecule has 0 saturated carbocycles. The fraction of sp³-hybridized carbons (Fsp3) is 0.467. The Morgan fingerprint density at radius 1 is 1.45 bits per heavy atom. The number of nitrogens with zero attached hydrogens (tertiary/aromatic N) is 3. The third-order valence-corrected chi connectivity index (χ3v) is 3.81. The summed E-state index contributed by atoms with van der Waals surface area (Å²) in [6, 6.07) is 5.78. The predicted octanol–water partition coefficient (Wildman–Crippen LogP) is 2.54. The van der Waals surface area contributed by atoms with Gasteiger partial charge in [0.2, 0.25) is 0 Å². The molecule has 1 aliphatic rings. The van der Waals surface area contributed by atoms with Crippen LogP contribution in [0.25, 0.3) is 0 Å². The Balaban J connectivity index is 1.71. The summed E-state index contributed by atoms with van der Waals surface area (Å²) in [5, 5.41) is 4.13. The lowest BCUT2D eigenvalue weighted by Gasteiger charge is -2.32. The van der Waals surface area contributed by atoms with Crippen LogP contribution in [0.1, 0.15) is 42.5 Å². The highest BCUT2D eigenvalue weighted by Gasteiger charge is 2.26. The molecule has 1 saturated heterocycles. The molecule has 1 fully saturated rings. The Kier molecular flexibility index (Phi) is 3.58. The molecule has 5 heteroatoms. The number of hydrogen-bond acceptors (Lipinski definition) is 3. The van der Waals surface area contributed by atoms with Crippen LogP contribution in [-0.4, -0.2) is 33.2 Å². The Hall–Kier alpha value is -2.04. The molecule has 0 radical (unpaired) electrons. The quantitative estimate of drug-likeness (QED) is 0.863. The highest BCUT2D eigenvalue weighted by atomic mass is 16.4. The SMILES string of the molecule is CC1CCCCN1C(=O)c1ccc(Cn2cccn2)o1. The van der Waals surface area contributed by atoms with E-state index in [0.29, 0.717) is 18.3 Å². The first-order valence-electron chi connectivity index (χ1n) is 7.11. The molecule has 3 rings (SSSR count). The number of carbonyl (C=O) groups excluding carboxylic acids is 1. The molecule has 0 spiro atoms. The van der Waals surface area contributed by atoms with Gasteiger partial charge in [0.05, 0.1) is 6.54 Å². The zero-order valence-electron chi connectivity index (χ0n) is 11.7. The van der Waals surface area contributed by atoms with Gasteiger partial charge in [-0.15, -0.1) is 0 Å². The van der Waals surface area contributed by atoms with E-state index >= 15 is 0 Å². The Morgan fingerprint density at radius 2 is 2.35 bits per heavy atom. The zero-order valence-corrected chi connectivity index (χ0v) is 11.7. The van der Waals surface area contributed by atoms with E-state index in [1.807, 2.05) is 23.2 Å². The second-order valence-electron chi connectivity index (χ2n) is 5.31. The Morgan fingerprint density at radius 3 is 3.10 bits per heavy atom. The summed E-state index contributed by atoms with van der Waals surface area (Å²) in [5.41, 5.74) is 0. The third-order valence-electron chi connectivity index (χ3n) is 3.81. The number of rotatable bonds is 3. The van der Waals surface area contributed by atoms with Crippen LogP contribution < -0.4 is 0 Å². The first-order valence-corrected chi connectivity index (χ1v) is 7.11. The topological polar surface area (TPSA) is 51.3 Å². The molecule has 106 valence electrons. The molecule has 2 aromatic heterocycles. The van der Waals surface area contributed by atoms with Gasteiger partial charge in [-0.1, -0.05) is 0 Å². The highest BCUT2D eigenvalue weighted by Crippen LogP contribution is 2.20. The average molecular weight is 273 g/mol. The van der Waals surface area contributed by atoms with Crippen molar-refractivity contribution in [3.8, 4) is 0 Å². The maximum absolute atomic E-state index is 12.4. The van der Waals surface area contributed by atoms with Gasteiger partial charge in [-0.3, -0.25) is 9.48 Å². The monoisotopic (exact) mass is 273 g/mol. The van der Waals surface area contributed by atoms with E-state index in [-0.39, 0.29) is 5.91 Å². The van der Waals surface area contributed by atoms with Crippen LogP contribution in [0.2, 0.25) is 0 Å². The summed E-state index contributed by atoms with van der Waals surface area (Å²) in [4.78, 5) is 14.4. The molecule has 0 aliphatic carbocycles. The molecule has 1 aliphatic heterocycles. The fourth-order valence-corrected chi connectivity index (χ4v) is 2.67. The molecule has 3 heterocycles. The minimum Gasteiger partial charge on any atom is -0.454 e. The van der Waals surface area contributed by atoms with E-state index in [9.17, 15) is 4.79 Å². The molecule has 0 N–H and O–H groups in total. The smallest absolute Gasteiger partial charge is 0.289 e. The van der Waals surface area contributed by atoms with Crippen LogP contribution in [0, 0.1) is 0 Å². The molecule has 0 aromatic carbocycles. The first-order chi connectivity index (χ1) is 9.74. The van der Waals surface area contributed by atoms with E-state index < -0.39 is 0 Å². The second-order valence-corrected chi connectivity index (χ2v) is 5.31. The van der Waals surface area contributed by atoms with Gasteiger partial charge >= 0.3 is 0 Å². The van der Waals surface area contributed by atoms with Crippen molar-refractivity contribution in [2.45, 2.75) is 38.8 Å². The number of aromatic nitrogens is 2. The van der Waals surface area contributed by atoms with Crippen molar-refractivity contribution in [2.75, 3.05) is 6.54 Å². The third kappa shape index (κ3) is 2.61. The normalized spacial score (nSPS) is 19.2. The number of amides is 1. The lowest BCUT2D eigenvalue weighted by molar-refractivity contribution is 0.0601. The van der Waals surface area contributed by atoms with E-state index in [1.165, 1.54) is 6.42 Å². The van der Waals surface area contributed by atoms with Crippen LogP contribution in [-0.2, 0) is 6.54 Å². The summed E-state index contributed by atoms with van der Waals surface area (Å²) >= 11 is 0. The maximum atomic E-state index is 12.4. The van der Waals surface area contributed by atoms with Crippen LogP contribution in [0.15, 0.2) is 35.0 Å². The van der Waals surface area contributed by atoms with Crippen molar-refractivity contribution in [3.05, 3.63) is 42.1 Å². The molecule has 1 amide bonds. The summed E-state index contributed by atoms with van der Waals surface area (Å²) in [6.45, 7) is 3.48. The fourth-order valence-electron chi connectivity index (χ4n) is 2.67. The van der Waals surface area contributed by atoms with Crippen molar-refractivity contribution >= 4 is 5.91 Å². The summed E-state index contributed by atoms with van der Waals surface area (Å²) < 4.78 is 7.44. The van der Waals surface area contributed by atoms with E-state index in [1.54, 1.807) is 16.9 Å². The molecule has 20 heavy (non-hydrogen) atoms. The van der Waals surface area contributed by atoms with E-state index in [0.717, 1.165) is 25.1 Å². The van der Waals surface area contributed by atoms with Gasteiger partial charge in [0.25, 0.3) is 5.91 Å². The maximum Gasteiger partial charge on any atom is 0.289 e. The largest absolute Gasteiger partial charge is 0.454 e. The van der Waals surface area contributed by atoms with Gasteiger partial charge in [0, 0.05) is 25.0 Å². The lowest BCUT2D eigenvalue weighted by atomic mass is 10.0. The second kappa shape index (κ2) is 5.53. The van der Waals surface area contributed by atoms with Gasteiger partial charge in [-0.05, 0) is 44.4 Å². The zero-order chi connectivity index (χ0) is 13.9. The standard InChI is InChI=1S/C15H19N3O2/c1-12-5-2-3-10-18(12)15(19)14-7-6-13(20-14)11-17-9-4-8-16-17/h4,6-9,12H,2-3,5,10-11H2,1H3. The van der Waals surface area contributed by atoms with E-state index in [4.69, 9.17) is 4.42 Å². The first kappa shape index (κ1) is 13.0. The molecular weight excluding hydrogens is 254 g/mol. The number of carbonyl (C=O) groups is 1. The van der Waals surface area contributed by atoms with Crippen LogP contribution in [0.3, 0.4) is 0 Å². The predicted molar refractivity (Wildman–Crippen MR) is 74.4 cm³/mol. The number of hydrogen-bond donors (Lipinski definition) is 0. The van der Waals surface area contributed by atoms with Crippen molar-refractivity contribution in [3.63, 3.8) is 0 Å². The van der Waals surface area contributed by atoms with Gasteiger partial charge in [-0.2, -0.15) is 5.10 Å². The number of piperidine rings is 1. The van der Waals surface area contributed by atoms with Gasteiger partial charge in [0.1, 0.15) is 5.76 Å². The van der Waals surface area contributed by atoms with Crippen LogP contribution in [0.4, 0.5) is 0 Å². The average Bonchev–Trinajstić information content (AvgIpc) is 3.11. The highest BCUT2D eigenvalue weighted by molar-refractivity contribution is 5.91. The van der Waals surface area contributed by atoms with Gasteiger partial charge < -0.3 is 9.32 Å². The number of likely N-dealkylation sites (tertiary alicyclic amines) is 1. The van der Waals surface area contributed by atoms with Gasteiger partial charge in [0.15, 0.2) is 5.76 Å². The molecule has 1 atom stereocenters. The van der Waals surface area contributed by atoms with Crippen molar-refractivity contribution in [1.82, 2.24) is 14.7 Å². The van der Waals surface area contributed by atoms with E-state index in [2.05, 4.69) is 12.0 Å². The minimum absolute atomic E-state index is 0.00363. The number of furan rings is 1. The van der Waals surface area contributed by atoms with Crippen LogP contribution in [0.5, 0.6) is 0 Å². The lowest BCUT2D eigenvalue weighted by Crippen LogP contribution is -2.41. The molecule has 1 unspecified atom stereocenters. The van der Waals surface area contributed by atoms with Gasteiger partial charge in [-0.25, -0.2) is 0 Å². The molecule has 0 bridgehead atoms. The van der Waals surface area contributed by atoms with Crippen molar-refractivity contribution < 1.29 is 9.21 Å². The minimum atomic E-state index is 0.00363. The molecule has 2 aromatic rings. The van der Waals surface area contributed by atoms with Crippen molar-refractivity contribution in [1.29, 1.82) is 0 Å². The molecule has 5 nitrogen and oxygen atoms in total. The summed E-state index contributed by atoms with van der Waals surface area (Å²) in [5.74, 6) is 1.19. The Labute approximate surface area is 118 Å². The molecular formula is C15H19N3O2. The van der Waals surface area contributed by atoms with Crippen molar-refractivity contribution in [2.24, 2.45) is 0 Å². The van der Waals surface area contributed by atoms with Crippen LogP contribution >= 0.6 is 0 Å². The Bertz CT molecular complexity index is 574. The summed E-state index contributed by atoms with van der Waals surface area (Å²) in [6.07, 6.45) is 6.96. The summed E-state index contributed by atoms with van der Waals surface area (Å²) in [7, 11) is 0.